The molecule has 1 aliphatic rings. The minimum Gasteiger partial charge on any atom is -0.369 e. The summed E-state index contributed by atoms with van der Waals surface area (Å²) >= 11 is 0. The van der Waals surface area contributed by atoms with Gasteiger partial charge in [0.2, 0.25) is 5.91 Å². The molecule has 1 fully saturated rings. The molecule has 0 aliphatic heterocycles. The molecule has 0 N–H and O–H groups in total. The van der Waals surface area contributed by atoms with Gasteiger partial charge in [0, 0.05) is 18.2 Å². The van der Waals surface area contributed by atoms with E-state index < -0.39 is 0 Å². The zero-order valence-electron chi connectivity index (χ0n) is 11.4. The fourth-order valence-electron chi connectivity index (χ4n) is 1.94. The van der Waals surface area contributed by atoms with Crippen LogP contribution >= 0.6 is 0 Å². The van der Waals surface area contributed by atoms with E-state index in [1.807, 2.05) is 13.8 Å². The van der Waals surface area contributed by atoms with Gasteiger partial charge in [-0.25, -0.2) is 4.39 Å². The lowest BCUT2D eigenvalue weighted by molar-refractivity contribution is -0.138. The predicted molar refractivity (Wildman–Crippen MR) is 71.1 cm³/mol. The maximum absolute atomic E-state index is 13.6. The van der Waals surface area contributed by atoms with E-state index in [-0.39, 0.29) is 30.5 Å². The van der Waals surface area contributed by atoms with Gasteiger partial charge in [0.25, 0.3) is 0 Å². The van der Waals surface area contributed by atoms with Crippen LogP contribution in [0.25, 0.3) is 0 Å². The predicted octanol–water partition coefficient (Wildman–Crippen LogP) is 2.74. The maximum Gasteiger partial charge on any atom is 0.249 e. The fraction of sp³-hybridized carbons (Fsp3) is 0.533. The van der Waals surface area contributed by atoms with E-state index in [4.69, 9.17) is 4.74 Å². The van der Waals surface area contributed by atoms with E-state index >= 15 is 0 Å². The molecule has 0 unspecified atom stereocenters. The topological polar surface area (TPSA) is 29.5 Å². The van der Waals surface area contributed by atoms with Gasteiger partial charge in [0.1, 0.15) is 12.4 Å². The van der Waals surface area contributed by atoms with Crippen LogP contribution in [0.2, 0.25) is 0 Å². The summed E-state index contributed by atoms with van der Waals surface area (Å²) in [6.45, 7) is 4.19. The Bertz CT molecular complexity index is 444. The highest BCUT2D eigenvalue weighted by Crippen LogP contribution is 2.29. The van der Waals surface area contributed by atoms with Gasteiger partial charge >= 0.3 is 0 Å². The van der Waals surface area contributed by atoms with E-state index in [1.165, 1.54) is 6.07 Å². The lowest BCUT2D eigenvalue weighted by Gasteiger charge is -2.23. The molecular formula is C15H20FNO2. The van der Waals surface area contributed by atoms with E-state index in [0.717, 1.165) is 12.8 Å². The second-order valence-electron chi connectivity index (χ2n) is 5.20. The number of nitrogens with zero attached hydrogens (tertiary/aromatic N) is 1. The van der Waals surface area contributed by atoms with Crippen LogP contribution in [-0.2, 0) is 16.1 Å². The average molecular weight is 265 g/mol. The van der Waals surface area contributed by atoms with E-state index in [2.05, 4.69) is 0 Å². The van der Waals surface area contributed by atoms with Crippen molar-refractivity contribution in [1.82, 2.24) is 4.90 Å². The van der Waals surface area contributed by atoms with Crippen molar-refractivity contribution in [1.29, 1.82) is 0 Å². The molecule has 0 heterocycles. The molecule has 1 aromatic rings. The molecule has 1 saturated carbocycles. The van der Waals surface area contributed by atoms with Crippen LogP contribution in [0.15, 0.2) is 24.3 Å². The first-order valence-electron chi connectivity index (χ1n) is 6.72. The van der Waals surface area contributed by atoms with Crippen molar-refractivity contribution in [2.75, 3.05) is 6.61 Å². The highest BCUT2D eigenvalue weighted by Gasteiger charge is 2.32. The Morgan fingerprint density at radius 2 is 2.11 bits per heavy atom. The monoisotopic (exact) mass is 265 g/mol. The SMILES string of the molecule is CC(C)OCC(=O)N(Cc1ccccc1F)C1CC1. The third kappa shape index (κ3) is 4.03. The highest BCUT2D eigenvalue weighted by molar-refractivity contribution is 5.78. The van der Waals surface area contributed by atoms with Crippen LogP contribution < -0.4 is 0 Å². The minimum atomic E-state index is -0.259. The van der Waals surface area contributed by atoms with Crippen LogP contribution in [0.1, 0.15) is 32.3 Å². The summed E-state index contributed by atoms with van der Waals surface area (Å²) < 4.78 is 19.0. The summed E-state index contributed by atoms with van der Waals surface area (Å²) in [6, 6.07) is 6.85. The van der Waals surface area contributed by atoms with Crippen LogP contribution in [0.5, 0.6) is 0 Å². The highest BCUT2D eigenvalue weighted by atomic mass is 19.1. The molecule has 4 heteroatoms. The van der Waals surface area contributed by atoms with Gasteiger partial charge in [-0.05, 0) is 32.8 Å². The Kier molecular flexibility index (Phi) is 4.53. The second kappa shape index (κ2) is 6.15. The Morgan fingerprint density at radius 3 is 2.68 bits per heavy atom. The first kappa shape index (κ1) is 14.0. The van der Waals surface area contributed by atoms with Crippen molar-refractivity contribution in [3.05, 3.63) is 35.6 Å². The summed E-state index contributed by atoms with van der Waals surface area (Å²) in [4.78, 5) is 13.9. The van der Waals surface area contributed by atoms with E-state index in [1.54, 1.807) is 23.1 Å². The normalized spacial score (nSPS) is 14.7. The van der Waals surface area contributed by atoms with E-state index in [9.17, 15) is 9.18 Å². The third-order valence-corrected chi connectivity index (χ3v) is 3.15. The van der Waals surface area contributed by atoms with Gasteiger partial charge in [0.15, 0.2) is 0 Å². The number of rotatable bonds is 6. The summed E-state index contributed by atoms with van der Waals surface area (Å²) in [5.41, 5.74) is 0.562. The van der Waals surface area contributed by atoms with Gasteiger partial charge in [-0.2, -0.15) is 0 Å². The number of halogens is 1. The first-order valence-corrected chi connectivity index (χ1v) is 6.72. The van der Waals surface area contributed by atoms with Crippen LogP contribution in [-0.4, -0.2) is 29.6 Å². The lowest BCUT2D eigenvalue weighted by Crippen LogP contribution is -2.36. The fourth-order valence-corrected chi connectivity index (χ4v) is 1.94. The van der Waals surface area contributed by atoms with Gasteiger partial charge in [-0.3, -0.25) is 4.79 Å². The summed E-state index contributed by atoms with van der Waals surface area (Å²) in [5, 5.41) is 0. The lowest BCUT2D eigenvalue weighted by atomic mass is 10.2. The number of carbonyl (C=O) groups is 1. The second-order valence-corrected chi connectivity index (χ2v) is 5.20. The molecule has 0 aromatic heterocycles. The van der Waals surface area contributed by atoms with Gasteiger partial charge in [-0.15, -0.1) is 0 Å². The molecule has 2 rings (SSSR count). The summed E-state index contributed by atoms with van der Waals surface area (Å²) in [6.07, 6.45) is 2.03. The molecule has 0 radical (unpaired) electrons. The van der Waals surface area contributed by atoms with Crippen molar-refractivity contribution in [2.45, 2.75) is 45.4 Å². The molecule has 104 valence electrons. The molecule has 0 atom stereocenters. The first-order chi connectivity index (χ1) is 9.08. The molecule has 0 spiro atoms. The van der Waals surface area contributed by atoms with Gasteiger partial charge < -0.3 is 9.64 Å². The zero-order chi connectivity index (χ0) is 13.8. The molecule has 19 heavy (non-hydrogen) atoms. The van der Waals surface area contributed by atoms with Crippen LogP contribution in [0.4, 0.5) is 4.39 Å². The number of carbonyl (C=O) groups excluding carboxylic acids is 1. The van der Waals surface area contributed by atoms with Crippen molar-refractivity contribution in [3.63, 3.8) is 0 Å². The molecular weight excluding hydrogens is 245 g/mol. The quantitative estimate of drug-likeness (QED) is 0.791. The molecule has 0 bridgehead atoms. The average Bonchev–Trinajstić information content (AvgIpc) is 3.19. The standard InChI is InChI=1S/C15H20FNO2/c1-11(2)19-10-15(18)17(13-7-8-13)9-12-5-3-4-6-14(12)16/h3-6,11,13H,7-10H2,1-2H3. The van der Waals surface area contributed by atoms with Crippen molar-refractivity contribution in [3.8, 4) is 0 Å². The molecule has 0 saturated heterocycles. The van der Waals surface area contributed by atoms with Crippen molar-refractivity contribution >= 4 is 5.91 Å². The van der Waals surface area contributed by atoms with Crippen molar-refractivity contribution in [2.24, 2.45) is 0 Å². The molecule has 1 aliphatic carbocycles. The number of hydrogen-bond acceptors (Lipinski definition) is 2. The largest absolute Gasteiger partial charge is 0.369 e. The zero-order valence-corrected chi connectivity index (χ0v) is 11.4. The Hall–Kier alpha value is -1.42. The molecule has 1 aromatic carbocycles. The maximum atomic E-state index is 13.6. The molecule has 3 nitrogen and oxygen atoms in total. The van der Waals surface area contributed by atoms with Crippen LogP contribution in [0.3, 0.4) is 0 Å². The summed E-state index contributed by atoms with van der Waals surface area (Å²) in [5.74, 6) is -0.315. The number of benzene rings is 1. The van der Waals surface area contributed by atoms with Crippen LogP contribution in [0, 0.1) is 5.82 Å². The Morgan fingerprint density at radius 1 is 1.42 bits per heavy atom. The molecule has 1 amide bonds. The number of ether oxygens (including phenoxy) is 1. The number of hydrogen-bond donors (Lipinski definition) is 0. The van der Waals surface area contributed by atoms with E-state index in [0.29, 0.717) is 12.1 Å². The summed E-state index contributed by atoms with van der Waals surface area (Å²) in [7, 11) is 0. The Labute approximate surface area is 113 Å². The number of amides is 1. The van der Waals surface area contributed by atoms with Gasteiger partial charge in [0.05, 0.1) is 6.10 Å². The van der Waals surface area contributed by atoms with Crippen molar-refractivity contribution < 1.29 is 13.9 Å². The van der Waals surface area contributed by atoms with Gasteiger partial charge in [-0.1, -0.05) is 18.2 Å². The third-order valence-electron chi connectivity index (χ3n) is 3.15. The minimum absolute atomic E-state index is 0.0264. The smallest absolute Gasteiger partial charge is 0.249 e. The Balaban J connectivity index is 2.00.